The maximum absolute atomic E-state index is 13.3. The molecule has 0 bridgehead atoms. The van der Waals surface area contributed by atoms with E-state index >= 15 is 0 Å². The number of carbonyl (C=O) groups excluding carboxylic acids is 1. The maximum atomic E-state index is 13.3. The van der Waals surface area contributed by atoms with Crippen LogP contribution in [-0.2, 0) is 26.0 Å². The van der Waals surface area contributed by atoms with E-state index in [9.17, 15) is 13.2 Å². The first kappa shape index (κ1) is 24.5. The van der Waals surface area contributed by atoms with Crippen LogP contribution in [0.5, 0.6) is 5.75 Å². The summed E-state index contributed by atoms with van der Waals surface area (Å²) in [5.74, 6) is 0.404. The smallest absolute Gasteiger partial charge is 0.243 e. The van der Waals surface area contributed by atoms with Crippen LogP contribution in [0.3, 0.4) is 0 Å². The molecule has 0 radical (unpaired) electrons. The Balaban J connectivity index is 1.63. The number of para-hydroxylation sites is 1. The molecule has 2 saturated heterocycles. The summed E-state index contributed by atoms with van der Waals surface area (Å²) in [6, 6.07) is 12.4. The summed E-state index contributed by atoms with van der Waals surface area (Å²) in [6.45, 7) is 4.76. The number of sulfonamides is 1. The number of hydrogen-bond acceptors (Lipinski definition) is 7. The Labute approximate surface area is 201 Å². The lowest BCUT2D eigenvalue weighted by Gasteiger charge is -2.35. The van der Waals surface area contributed by atoms with E-state index in [4.69, 9.17) is 9.47 Å². The number of hydrogen-bond donors (Lipinski definition) is 1. The fraction of sp³-hybridized carbons (Fsp3) is 0.458. The van der Waals surface area contributed by atoms with Crippen LogP contribution in [0.15, 0.2) is 47.4 Å². The Bertz CT molecular complexity index is 1110. The largest absolute Gasteiger partial charge is 0.496 e. The van der Waals surface area contributed by atoms with Crippen LogP contribution in [0.1, 0.15) is 5.56 Å². The fourth-order valence-corrected chi connectivity index (χ4v) is 5.69. The zero-order chi connectivity index (χ0) is 24.1. The van der Waals surface area contributed by atoms with Gasteiger partial charge in [-0.15, -0.1) is 0 Å². The molecule has 2 aromatic carbocycles. The predicted molar refractivity (Wildman–Crippen MR) is 131 cm³/mol. The lowest BCUT2D eigenvalue weighted by molar-refractivity contribution is -0.115. The van der Waals surface area contributed by atoms with Crippen molar-refractivity contribution in [3.63, 3.8) is 0 Å². The van der Waals surface area contributed by atoms with Gasteiger partial charge in [-0.05, 0) is 31.3 Å². The van der Waals surface area contributed by atoms with Gasteiger partial charge in [0.05, 0.1) is 43.0 Å². The minimum absolute atomic E-state index is 0.118. The summed E-state index contributed by atoms with van der Waals surface area (Å²) in [7, 11) is -0.0446. The normalized spacial score (nSPS) is 18.0. The summed E-state index contributed by atoms with van der Waals surface area (Å²) in [6.07, 6.45) is 0.118. The van der Waals surface area contributed by atoms with Crippen molar-refractivity contribution in [2.75, 3.05) is 76.9 Å². The summed E-state index contributed by atoms with van der Waals surface area (Å²) in [5, 5.41) is 2.98. The minimum atomic E-state index is -3.69. The second kappa shape index (κ2) is 10.7. The molecule has 4 rings (SSSR count). The second-order valence-electron chi connectivity index (χ2n) is 8.52. The van der Waals surface area contributed by atoms with Crippen molar-refractivity contribution in [2.45, 2.75) is 11.3 Å². The molecule has 0 aliphatic carbocycles. The van der Waals surface area contributed by atoms with E-state index in [1.807, 2.05) is 24.3 Å². The van der Waals surface area contributed by atoms with Crippen LogP contribution in [-0.4, -0.2) is 90.2 Å². The molecule has 0 aromatic heterocycles. The molecule has 34 heavy (non-hydrogen) atoms. The first-order valence-corrected chi connectivity index (χ1v) is 12.9. The van der Waals surface area contributed by atoms with E-state index in [0.717, 1.165) is 37.4 Å². The summed E-state index contributed by atoms with van der Waals surface area (Å²) < 4.78 is 38.6. The molecule has 0 spiro atoms. The SMILES string of the molecule is COc1ccccc1CC(=O)Nc1cc(S(=O)(=O)N2CCOCC2)ccc1N1CCN(C)CC1. The summed E-state index contributed by atoms with van der Waals surface area (Å²) >= 11 is 0. The van der Waals surface area contributed by atoms with E-state index in [2.05, 4.69) is 22.2 Å². The van der Waals surface area contributed by atoms with Crippen molar-refractivity contribution in [1.82, 2.24) is 9.21 Å². The highest BCUT2D eigenvalue weighted by atomic mass is 32.2. The number of anilines is 2. The molecule has 9 nitrogen and oxygen atoms in total. The number of methoxy groups -OCH3 is 1. The van der Waals surface area contributed by atoms with E-state index < -0.39 is 10.0 Å². The van der Waals surface area contributed by atoms with Crippen molar-refractivity contribution in [3.8, 4) is 5.75 Å². The van der Waals surface area contributed by atoms with Crippen molar-refractivity contribution in [2.24, 2.45) is 0 Å². The van der Waals surface area contributed by atoms with Crippen LogP contribution in [0.25, 0.3) is 0 Å². The Hall–Kier alpha value is -2.66. The number of rotatable bonds is 7. The van der Waals surface area contributed by atoms with Gasteiger partial charge in [-0.2, -0.15) is 4.31 Å². The van der Waals surface area contributed by atoms with Crippen molar-refractivity contribution in [1.29, 1.82) is 0 Å². The van der Waals surface area contributed by atoms with Gasteiger partial charge in [-0.1, -0.05) is 18.2 Å². The number of nitrogens with one attached hydrogen (secondary N) is 1. The molecule has 2 aliphatic heterocycles. The van der Waals surface area contributed by atoms with Crippen molar-refractivity contribution in [3.05, 3.63) is 48.0 Å². The molecule has 2 heterocycles. The molecule has 2 fully saturated rings. The Morgan fingerprint density at radius 1 is 1.03 bits per heavy atom. The Morgan fingerprint density at radius 2 is 1.74 bits per heavy atom. The van der Waals surface area contributed by atoms with Gasteiger partial charge in [0.25, 0.3) is 0 Å². The quantitative estimate of drug-likeness (QED) is 0.634. The molecular formula is C24H32N4O5S. The highest BCUT2D eigenvalue weighted by Gasteiger charge is 2.28. The number of carbonyl (C=O) groups is 1. The van der Waals surface area contributed by atoms with Gasteiger partial charge in [0.2, 0.25) is 15.9 Å². The van der Waals surface area contributed by atoms with Crippen LogP contribution in [0.2, 0.25) is 0 Å². The topological polar surface area (TPSA) is 91.4 Å². The predicted octanol–water partition coefficient (Wildman–Crippen LogP) is 1.65. The van der Waals surface area contributed by atoms with Gasteiger partial charge >= 0.3 is 0 Å². The van der Waals surface area contributed by atoms with E-state index in [0.29, 0.717) is 37.7 Å². The van der Waals surface area contributed by atoms with Crippen molar-refractivity contribution >= 4 is 27.3 Å². The zero-order valence-corrected chi connectivity index (χ0v) is 20.5. The first-order chi connectivity index (χ1) is 16.4. The lowest BCUT2D eigenvalue weighted by Crippen LogP contribution is -2.44. The molecule has 1 amide bonds. The molecule has 10 heteroatoms. The minimum Gasteiger partial charge on any atom is -0.496 e. The Kier molecular flexibility index (Phi) is 7.72. The number of amides is 1. The van der Waals surface area contributed by atoms with Crippen LogP contribution >= 0.6 is 0 Å². The molecule has 2 aliphatic rings. The standard InChI is InChI=1S/C24H32N4O5S/c1-26-9-11-27(12-10-26)22-8-7-20(34(30,31)28-13-15-33-16-14-28)18-21(22)25-24(29)17-19-5-3-4-6-23(19)32-2/h3-8,18H,9-17H2,1-2H3,(H,25,29). The van der Waals surface area contributed by atoms with E-state index in [-0.39, 0.29) is 17.2 Å². The van der Waals surface area contributed by atoms with Gasteiger partial charge < -0.3 is 24.6 Å². The number of nitrogens with zero attached hydrogens (tertiary/aromatic N) is 3. The fourth-order valence-electron chi connectivity index (χ4n) is 4.25. The maximum Gasteiger partial charge on any atom is 0.243 e. The number of ether oxygens (including phenoxy) is 2. The molecule has 0 atom stereocenters. The first-order valence-electron chi connectivity index (χ1n) is 11.5. The van der Waals surface area contributed by atoms with E-state index in [1.54, 1.807) is 25.3 Å². The van der Waals surface area contributed by atoms with Crippen LogP contribution < -0.4 is 15.0 Å². The average Bonchev–Trinajstić information content (AvgIpc) is 2.85. The third kappa shape index (κ3) is 5.52. The highest BCUT2D eigenvalue weighted by molar-refractivity contribution is 7.89. The molecule has 2 aromatic rings. The van der Waals surface area contributed by atoms with Gasteiger partial charge in [0, 0.05) is 44.8 Å². The van der Waals surface area contributed by atoms with E-state index in [1.165, 1.54) is 4.31 Å². The van der Waals surface area contributed by atoms with Crippen LogP contribution in [0, 0.1) is 0 Å². The third-order valence-electron chi connectivity index (χ3n) is 6.24. The van der Waals surface area contributed by atoms with Gasteiger partial charge in [0.15, 0.2) is 0 Å². The van der Waals surface area contributed by atoms with Crippen LogP contribution in [0.4, 0.5) is 11.4 Å². The highest BCUT2D eigenvalue weighted by Crippen LogP contribution is 2.31. The lowest BCUT2D eigenvalue weighted by atomic mass is 10.1. The average molecular weight is 489 g/mol. The summed E-state index contributed by atoms with van der Waals surface area (Å²) in [4.78, 5) is 17.6. The van der Waals surface area contributed by atoms with Gasteiger partial charge in [-0.3, -0.25) is 4.79 Å². The molecular weight excluding hydrogens is 456 g/mol. The molecule has 184 valence electrons. The summed E-state index contributed by atoms with van der Waals surface area (Å²) in [5.41, 5.74) is 2.09. The molecule has 0 saturated carbocycles. The molecule has 1 N–H and O–H groups in total. The number of benzene rings is 2. The Morgan fingerprint density at radius 3 is 2.44 bits per heavy atom. The molecule has 0 unspecified atom stereocenters. The second-order valence-corrected chi connectivity index (χ2v) is 10.5. The monoisotopic (exact) mass is 488 g/mol. The van der Waals surface area contributed by atoms with Gasteiger partial charge in [-0.25, -0.2) is 8.42 Å². The van der Waals surface area contributed by atoms with Gasteiger partial charge in [0.1, 0.15) is 5.75 Å². The zero-order valence-electron chi connectivity index (χ0n) is 19.7. The third-order valence-corrected chi connectivity index (χ3v) is 8.13. The number of morpholine rings is 1. The van der Waals surface area contributed by atoms with Crippen molar-refractivity contribution < 1.29 is 22.7 Å². The number of piperazine rings is 1. The number of likely N-dealkylation sites (N-methyl/N-ethyl adjacent to an activating group) is 1.